The third kappa shape index (κ3) is 2.12. The Hall–Kier alpha value is -4.36. The second-order valence-electron chi connectivity index (χ2n) is 7.32. The second kappa shape index (κ2) is 6.07. The van der Waals surface area contributed by atoms with E-state index in [2.05, 4.69) is 41.0 Å². The van der Waals surface area contributed by atoms with E-state index in [0.29, 0.717) is 5.56 Å². The van der Waals surface area contributed by atoms with Crippen LogP contribution < -0.4 is 0 Å². The highest BCUT2D eigenvalue weighted by molar-refractivity contribution is 6.23. The summed E-state index contributed by atoms with van der Waals surface area (Å²) in [7, 11) is 0. The van der Waals surface area contributed by atoms with Crippen LogP contribution in [0.4, 0.5) is 0 Å². The number of nitrogens with one attached hydrogen (secondary N) is 1. The average molecular weight is 385 g/mol. The topological polar surface area (TPSA) is 65.7 Å². The summed E-state index contributed by atoms with van der Waals surface area (Å²) in [6.45, 7) is 0. The molecule has 30 heavy (non-hydrogen) atoms. The lowest BCUT2D eigenvalue weighted by Crippen LogP contribution is -1.99. The van der Waals surface area contributed by atoms with E-state index in [-0.39, 0.29) is 0 Å². The molecule has 140 valence electrons. The molecule has 2 aromatic heterocycles. The zero-order chi connectivity index (χ0) is 20.2. The summed E-state index contributed by atoms with van der Waals surface area (Å²) < 4.78 is 8.41. The normalized spacial score (nSPS) is 11.4. The number of hydrogen-bond donors (Lipinski definition) is 1. The Labute approximate surface area is 171 Å². The highest BCUT2D eigenvalue weighted by Crippen LogP contribution is 2.40. The molecule has 4 heteroatoms. The van der Waals surface area contributed by atoms with E-state index in [1.54, 1.807) is 12.1 Å². The summed E-state index contributed by atoms with van der Waals surface area (Å²) in [6.07, 6.45) is 1.30. The number of aromatic nitrogens is 1. The molecule has 0 aliphatic rings. The van der Waals surface area contributed by atoms with Gasteiger partial charge in [0.25, 0.3) is 0 Å². The first-order valence-corrected chi connectivity index (χ1v) is 9.68. The molecule has 0 bridgehead atoms. The standard InChI is InChI=1S/C26H15N3O/c27-14-16-9-10-17(15-28)23(13-16)29-21-7-3-1-6-20(21)25-22(29)12-11-19-18-5-2-4-8-24(18)30-26(19)25/h1-14,27H. The minimum absolute atomic E-state index is 0.563. The predicted molar refractivity (Wildman–Crippen MR) is 121 cm³/mol. The van der Waals surface area contributed by atoms with E-state index in [1.165, 1.54) is 6.21 Å². The van der Waals surface area contributed by atoms with Gasteiger partial charge in [-0.3, -0.25) is 0 Å². The van der Waals surface area contributed by atoms with Crippen LogP contribution in [-0.4, -0.2) is 10.8 Å². The fourth-order valence-electron chi connectivity index (χ4n) is 4.41. The molecule has 1 N–H and O–H groups in total. The summed E-state index contributed by atoms with van der Waals surface area (Å²) in [4.78, 5) is 0. The van der Waals surface area contributed by atoms with Gasteiger partial charge in [0.15, 0.2) is 0 Å². The highest BCUT2D eigenvalue weighted by Gasteiger charge is 2.19. The summed E-state index contributed by atoms with van der Waals surface area (Å²) in [5.41, 5.74) is 5.76. The number of hydrogen-bond acceptors (Lipinski definition) is 3. The van der Waals surface area contributed by atoms with Crippen LogP contribution >= 0.6 is 0 Å². The fourth-order valence-corrected chi connectivity index (χ4v) is 4.41. The summed E-state index contributed by atoms with van der Waals surface area (Å²) >= 11 is 0. The third-order valence-electron chi connectivity index (χ3n) is 5.73. The first kappa shape index (κ1) is 16.6. The maximum absolute atomic E-state index is 9.75. The van der Waals surface area contributed by atoms with Gasteiger partial charge in [-0.25, -0.2) is 0 Å². The SMILES string of the molecule is N#Cc1ccc(C=N)cc1-n1c2ccccc2c2c3oc4ccccc4c3ccc21. The van der Waals surface area contributed by atoms with Crippen LogP contribution in [0.15, 0.2) is 83.3 Å². The van der Waals surface area contributed by atoms with Crippen molar-refractivity contribution >= 4 is 50.0 Å². The fraction of sp³-hybridized carbons (Fsp3) is 0. The Bertz CT molecular complexity index is 1680. The molecule has 0 fully saturated rings. The molecule has 4 aromatic carbocycles. The summed E-state index contributed by atoms with van der Waals surface area (Å²) in [5, 5.41) is 21.7. The lowest BCUT2D eigenvalue weighted by Gasteiger charge is -2.10. The quantitative estimate of drug-likeness (QED) is 0.343. The van der Waals surface area contributed by atoms with Crippen LogP contribution in [0.25, 0.3) is 49.4 Å². The van der Waals surface area contributed by atoms with E-state index < -0.39 is 0 Å². The molecule has 6 aromatic rings. The van der Waals surface area contributed by atoms with Gasteiger partial charge in [-0.05, 0) is 42.0 Å². The number of furan rings is 1. The minimum Gasteiger partial charge on any atom is -0.455 e. The van der Waals surface area contributed by atoms with E-state index in [9.17, 15) is 5.26 Å². The van der Waals surface area contributed by atoms with Crippen molar-refractivity contribution in [3.63, 3.8) is 0 Å². The van der Waals surface area contributed by atoms with Crippen LogP contribution in [0.5, 0.6) is 0 Å². The van der Waals surface area contributed by atoms with Gasteiger partial charge in [-0.2, -0.15) is 5.26 Å². The van der Waals surface area contributed by atoms with Crippen LogP contribution in [0.2, 0.25) is 0 Å². The van der Waals surface area contributed by atoms with Gasteiger partial charge >= 0.3 is 0 Å². The molecular formula is C26H15N3O. The second-order valence-corrected chi connectivity index (χ2v) is 7.32. The monoisotopic (exact) mass is 385 g/mol. The molecule has 0 unspecified atom stereocenters. The molecule has 6 rings (SSSR count). The number of nitriles is 1. The van der Waals surface area contributed by atoms with Crippen molar-refractivity contribution in [2.75, 3.05) is 0 Å². The molecule has 4 nitrogen and oxygen atoms in total. The van der Waals surface area contributed by atoms with E-state index in [4.69, 9.17) is 9.83 Å². The molecule has 0 saturated heterocycles. The summed E-state index contributed by atoms with van der Waals surface area (Å²) in [6, 6.07) is 28.2. The minimum atomic E-state index is 0.563. The Morgan fingerprint density at radius 1 is 0.833 bits per heavy atom. The number of fused-ring (bicyclic) bond motifs is 7. The number of rotatable bonds is 2. The number of para-hydroxylation sites is 2. The van der Waals surface area contributed by atoms with E-state index >= 15 is 0 Å². The third-order valence-corrected chi connectivity index (χ3v) is 5.73. The van der Waals surface area contributed by atoms with Crippen molar-refractivity contribution in [3.05, 3.63) is 90.0 Å². The zero-order valence-corrected chi connectivity index (χ0v) is 15.9. The Kier molecular flexibility index (Phi) is 3.35. The van der Waals surface area contributed by atoms with Crippen molar-refractivity contribution < 1.29 is 4.42 Å². The Balaban J connectivity index is 1.85. The molecule has 0 radical (unpaired) electrons. The van der Waals surface area contributed by atoms with Crippen molar-refractivity contribution in [2.45, 2.75) is 0 Å². The molecule has 0 aliphatic carbocycles. The Morgan fingerprint density at radius 2 is 1.63 bits per heavy atom. The molecule has 0 spiro atoms. The molecule has 2 heterocycles. The van der Waals surface area contributed by atoms with Crippen LogP contribution in [0, 0.1) is 16.7 Å². The van der Waals surface area contributed by atoms with Gasteiger partial charge in [-0.15, -0.1) is 0 Å². The average Bonchev–Trinajstić information content (AvgIpc) is 3.34. The Morgan fingerprint density at radius 3 is 2.47 bits per heavy atom. The highest BCUT2D eigenvalue weighted by atomic mass is 16.3. The lowest BCUT2D eigenvalue weighted by atomic mass is 10.1. The van der Waals surface area contributed by atoms with Crippen LogP contribution in [0.1, 0.15) is 11.1 Å². The van der Waals surface area contributed by atoms with Gasteiger partial charge < -0.3 is 14.4 Å². The lowest BCUT2D eigenvalue weighted by molar-refractivity contribution is 0.673. The smallest absolute Gasteiger partial charge is 0.145 e. The van der Waals surface area contributed by atoms with E-state index in [1.807, 2.05) is 36.4 Å². The molecule has 0 atom stereocenters. The maximum Gasteiger partial charge on any atom is 0.145 e. The molecule has 0 aliphatic heterocycles. The first-order chi connectivity index (χ1) is 14.8. The number of nitrogens with zero attached hydrogens (tertiary/aromatic N) is 2. The van der Waals surface area contributed by atoms with Gasteiger partial charge in [0, 0.05) is 22.4 Å². The van der Waals surface area contributed by atoms with Crippen molar-refractivity contribution in [2.24, 2.45) is 0 Å². The number of benzene rings is 4. The van der Waals surface area contributed by atoms with Crippen molar-refractivity contribution in [1.29, 1.82) is 10.7 Å². The van der Waals surface area contributed by atoms with Gasteiger partial charge in [0.05, 0.1) is 27.7 Å². The predicted octanol–water partition coefficient (Wildman–Crippen LogP) is 6.55. The van der Waals surface area contributed by atoms with Crippen molar-refractivity contribution in [3.8, 4) is 11.8 Å². The van der Waals surface area contributed by atoms with E-state index in [0.717, 1.165) is 55.0 Å². The van der Waals surface area contributed by atoms with Crippen molar-refractivity contribution in [1.82, 2.24) is 4.57 Å². The summed E-state index contributed by atoms with van der Waals surface area (Å²) in [5.74, 6) is 0. The first-order valence-electron chi connectivity index (χ1n) is 9.68. The van der Waals surface area contributed by atoms with Crippen LogP contribution in [0.3, 0.4) is 0 Å². The molecular weight excluding hydrogens is 370 g/mol. The van der Waals surface area contributed by atoms with Gasteiger partial charge in [0.1, 0.15) is 17.2 Å². The maximum atomic E-state index is 9.75. The van der Waals surface area contributed by atoms with Gasteiger partial charge in [0.2, 0.25) is 0 Å². The largest absolute Gasteiger partial charge is 0.455 e. The molecule has 0 saturated carbocycles. The molecule has 0 amide bonds. The van der Waals surface area contributed by atoms with Crippen LogP contribution in [-0.2, 0) is 0 Å². The zero-order valence-electron chi connectivity index (χ0n) is 15.9. The van der Waals surface area contributed by atoms with Gasteiger partial charge in [-0.1, -0.05) is 42.5 Å².